The largest absolute Gasteiger partial charge is 0.508 e. The summed E-state index contributed by atoms with van der Waals surface area (Å²) in [5, 5.41) is 27.8. The third kappa shape index (κ3) is 1.49. The van der Waals surface area contributed by atoms with Crippen LogP contribution in [0.2, 0.25) is 0 Å². The van der Waals surface area contributed by atoms with Crippen LogP contribution in [-0.2, 0) is 10.2 Å². The molecule has 0 aromatic heterocycles. The summed E-state index contributed by atoms with van der Waals surface area (Å²) in [6.07, 6.45) is 1.28. The van der Waals surface area contributed by atoms with E-state index in [-0.39, 0.29) is 11.5 Å². The highest BCUT2D eigenvalue weighted by Gasteiger charge is 2.53. The molecule has 0 bridgehead atoms. The Kier molecular flexibility index (Phi) is 2.27. The van der Waals surface area contributed by atoms with Crippen molar-refractivity contribution in [3.63, 3.8) is 0 Å². The summed E-state index contributed by atoms with van der Waals surface area (Å²) in [6.45, 7) is 0. The second-order valence-electron chi connectivity index (χ2n) is 4.17. The van der Waals surface area contributed by atoms with E-state index in [4.69, 9.17) is 15.9 Å². The zero-order valence-corrected chi connectivity index (χ0v) is 8.55. The molecule has 1 aliphatic rings. The molecule has 0 radical (unpaired) electrons. The van der Waals surface area contributed by atoms with Crippen LogP contribution in [0.25, 0.3) is 0 Å². The molecule has 2 rings (SSSR count). The Bertz CT molecular complexity index is 440. The molecule has 0 spiro atoms. The van der Waals surface area contributed by atoms with Gasteiger partial charge in [-0.2, -0.15) is 0 Å². The van der Waals surface area contributed by atoms with Crippen LogP contribution in [0.15, 0.2) is 18.2 Å². The summed E-state index contributed by atoms with van der Waals surface area (Å²) in [5.41, 5.74) is 5.45. The van der Waals surface area contributed by atoms with Gasteiger partial charge in [0, 0.05) is 17.0 Å². The molecule has 16 heavy (non-hydrogen) atoms. The molecular weight excluding hydrogens is 210 g/mol. The van der Waals surface area contributed by atoms with E-state index in [1.807, 2.05) is 0 Å². The van der Waals surface area contributed by atoms with Crippen LogP contribution in [-0.4, -0.2) is 27.3 Å². The highest BCUT2D eigenvalue weighted by Crippen LogP contribution is 2.53. The summed E-state index contributed by atoms with van der Waals surface area (Å²) in [6, 6.07) is 3.12. The zero-order chi connectivity index (χ0) is 11.9. The first kappa shape index (κ1) is 10.8. The molecule has 5 heteroatoms. The van der Waals surface area contributed by atoms with Gasteiger partial charge in [-0.15, -0.1) is 0 Å². The highest BCUT2D eigenvalue weighted by molar-refractivity contribution is 5.77. The average molecular weight is 223 g/mol. The standard InChI is InChI=1S/C11H13NO4/c12-9(10(15)16)11(3-4-11)7-2-1-6(13)5-8(7)14/h1-2,5,9,13-14H,3-4,12H2,(H,15,16). The lowest BCUT2D eigenvalue weighted by Gasteiger charge is -2.21. The summed E-state index contributed by atoms with van der Waals surface area (Å²) in [4.78, 5) is 10.9. The fraction of sp³-hybridized carbons (Fsp3) is 0.364. The van der Waals surface area contributed by atoms with Crippen molar-refractivity contribution in [1.82, 2.24) is 0 Å². The lowest BCUT2D eigenvalue weighted by molar-refractivity contribution is -0.139. The number of carbonyl (C=O) groups is 1. The fourth-order valence-corrected chi connectivity index (χ4v) is 2.06. The molecule has 1 saturated carbocycles. The molecule has 86 valence electrons. The molecule has 0 saturated heterocycles. The van der Waals surface area contributed by atoms with E-state index < -0.39 is 17.4 Å². The van der Waals surface area contributed by atoms with Crippen molar-refractivity contribution in [2.75, 3.05) is 0 Å². The minimum absolute atomic E-state index is 0.0547. The maximum Gasteiger partial charge on any atom is 0.321 e. The maximum absolute atomic E-state index is 10.9. The molecule has 1 aliphatic carbocycles. The van der Waals surface area contributed by atoms with Crippen LogP contribution in [0.1, 0.15) is 18.4 Å². The first-order valence-electron chi connectivity index (χ1n) is 4.98. The highest BCUT2D eigenvalue weighted by atomic mass is 16.4. The van der Waals surface area contributed by atoms with Gasteiger partial charge in [-0.3, -0.25) is 4.79 Å². The molecule has 5 nitrogen and oxygen atoms in total. The van der Waals surface area contributed by atoms with Gasteiger partial charge in [-0.25, -0.2) is 0 Å². The van der Waals surface area contributed by atoms with Crippen LogP contribution < -0.4 is 5.73 Å². The molecule has 1 fully saturated rings. The van der Waals surface area contributed by atoms with Crippen molar-refractivity contribution in [1.29, 1.82) is 0 Å². The Hall–Kier alpha value is -1.75. The second kappa shape index (κ2) is 3.38. The van der Waals surface area contributed by atoms with E-state index in [0.29, 0.717) is 18.4 Å². The Morgan fingerprint density at radius 2 is 2.00 bits per heavy atom. The van der Waals surface area contributed by atoms with Gasteiger partial charge in [0.25, 0.3) is 0 Å². The fourth-order valence-electron chi connectivity index (χ4n) is 2.06. The van der Waals surface area contributed by atoms with Gasteiger partial charge in [-0.1, -0.05) is 6.07 Å². The van der Waals surface area contributed by atoms with Gasteiger partial charge in [-0.05, 0) is 18.9 Å². The van der Waals surface area contributed by atoms with Crippen LogP contribution in [0.4, 0.5) is 0 Å². The van der Waals surface area contributed by atoms with Crippen LogP contribution >= 0.6 is 0 Å². The minimum atomic E-state index is -1.08. The van der Waals surface area contributed by atoms with Crippen molar-refractivity contribution in [3.8, 4) is 11.5 Å². The number of benzene rings is 1. The van der Waals surface area contributed by atoms with Gasteiger partial charge >= 0.3 is 5.97 Å². The maximum atomic E-state index is 10.9. The number of nitrogens with two attached hydrogens (primary N) is 1. The summed E-state index contributed by atoms with van der Waals surface area (Å²) >= 11 is 0. The normalized spacial score (nSPS) is 19.1. The molecule has 0 heterocycles. The van der Waals surface area contributed by atoms with E-state index in [0.717, 1.165) is 0 Å². The number of aromatic hydroxyl groups is 2. The number of hydrogen-bond donors (Lipinski definition) is 4. The summed E-state index contributed by atoms with van der Waals surface area (Å²) in [5.74, 6) is -1.24. The number of phenols is 2. The quantitative estimate of drug-likeness (QED) is 0.598. The molecule has 1 aromatic carbocycles. The SMILES string of the molecule is NC(C(=O)O)C1(c2ccc(O)cc2O)CC1. The molecule has 1 aromatic rings. The van der Waals surface area contributed by atoms with E-state index in [1.165, 1.54) is 18.2 Å². The van der Waals surface area contributed by atoms with Crippen molar-refractivity contribution < 1.29 is 20.1 Å². The number of aliphatic carboxylic acids is 1. The Labute approximate surface area is 92.1 Å². The minimum Gasteiger partial charge on any atom is -0.508 e. The first-order valence-corrected chi connectivity index (χ1v) is 4.98. The molecule has 1 atom stereocenters. The monoisotopic (exact) mass is 223 g/mol. The molecule has 0 aliphatic heterocycles. The van der Waals surface area contributed by atoms with Gasteiger partial charge in [0.2, 0.25) is 0 Å². The zero-order valence-electron chi connectivity index (χ0n) is 8.55. The average Bonchev–Trinajstić information content (AvgIpc) is 2.97. The van der Waals surface area contributed by atoms with Crippen molar-refractivity contribution in [2.45, 2.75) is 24.3 Å². The number of carboxylic acids is 1. The number of hydrogen-bond acceptors (Lipinski definition) is 4. The smallest absolute Gasteiger partial charge is 0.321 e. The predicted octanol–water partition coefficient (Wildman–Crippen LogP) is 0.541. The molecular formula is C11H13NO4. The number of phenolic OH excluding ortho intramolecular Hbond substituents is 2. The third-order valence-electron chi connectivity index (χ3n) is 3.17. The molecule has 5 N–H and O–H groups in total. The lowest BCUT2D eigenvalue weighted by Crippen LogP contribution is -2.41. The Balaban J connectivity index is 2.40. The molecule has 0 amide bonds. The molecule has 1 unspecified atom stereocenters. The lowest BCUT2D eigenvalue weighted by atomic mass is 9.88. The topological polar surface area (TPSA) is 104 Å². The first-order chi connectivity index (χ1) is 7.47. The third-order valence-corrected chi connectivity index (χ3v) is 3.17. The Morgan fingerprint density at radius 1 is 1.38 bits per heavy atom. The van der Waals surface area contributed by atoms with Gasteiger partial charge in [0.15, 0.2) is 0 Å². The van der Waals surface area contributed by atoms with Gasteiger partial charge in [0.05, 0.1) is 0 Å². The van der Waals surface area contributed by atoms with E-state index >= 15 is 0 Å². The Morgan fingerprint density at radius 3 is 2.44 bits per heavy atom. The van der Waals surface area contributed by atoms with E-state index in [9.17, 15) is 9.90 Å². The van der Waals surface area contributed by atoms with Crippen molar-refractivity contribution >= 4 is 5.97 Å². The van der Waals surface area contributed by atoms with Gasteiger partial charge < -0.3 is 21.1 Å². The number of carboxylic acid groups (broad SMARTS) is 1. The van der Waals surface area contributed by atoms with Crippen LogP contribution in [0.3, 0.4) is 0 Å². The second-order valence-corrected chi connectivity index (χ2v) is 4.17. The number of rotatable bonds is 3. The van der Waals surface area contributed by atoms with Crippen LogP contribution in [0.5, 0.6) is 11.5 Å². The van der Waals surface area contributed by atoms with Crippen molar-refractivity contribution in [3.05, 3.63) is 23.8 Å². The summed E-state index contributed by atoms with van der Waals surface area (Å²) < 4.78 is 0. The van der Waals surface area contributed by atoms with Gasteiger partial charge in [0.1, 0.15) is 17.5 Å². The van der Waals surface area contributed by atoms with Crippen molar-refractivity contribution in [2.24, 2.45) is 5.73 Å². The predicted molar refractivity (Wildman–Crippen MR) is 56.3 cm³/mol. The summed E-state index contributed by atoms with van der Waals surface area (Å²) in [7, 11) is 0. The van der Waals surface area contributed by atoms with E-state index in [2.05, 4.69) is 0 Å². The van der Waals surface area contributed by atoms with E-state index in [1.54, 1.807) is 0 Å². The van der Waals surface area contributed by atoms with Crippen LogP contribution in [0, 0.1) is 0 Å².